The average molecular weight is 479 g/mol. The fraction of sp³-hybridized carbons (Fsp3) is 0.600. The van der Waals surface area contributed by atoms with Gasteiger partial charge in [0.1, 0.15) is 10.5 Å². The number of aromatic nitrogens is 2. The fourth-order valence-corrected chi connectivity index (χ4v) is 6.67. The van der Waals surface area contributed by atoms with E-state index in [1.807, 2.05) is 0 Å². The van der Waals surface area contributed by atoms with Gasteiger partial charge in [-0.15, -0.1) is 11.3 Å². The zero-order chi connectivity index (χ0) is 23.4. The number of aliphatic hydroxyl groups is 1. The van der Waals surface area contributed by atoms with Crippen LogP contribution in [0, 0.1) is 23.7 Å². The van der Waals surface area contributed by atoms with Gasteiger partial charge < -0.3 is 9.52 Å². The first-order valence-electron chi connectivity index (χ1n) is 11.8. The smallest absolute Gasteiger partial charge is 0.421 e. The summed E-state index contributed by atoms with van der Waals surface area (Å²) in [4.78, 5) is 8.80. The second-order valence-corrected chi connectivity index (χ2v) is 10.9. The summed E-state index contributed by atoms with van der Waals surface area (Å²) >= 11 is 1.31. The molecule has 5 atom stereocenters. The van der Waals surface area contributed by atoms with Crippen molar-refractivity contribution in [2.24, 2.45) is 23.7 Å². The number of halogens is 3. The predicted octanol–water partition coefficient (Wildman–Crippen LogP) is 7.12. The molecule has 0 amide bonds. The third-order valence-electron chi connectivity index (χ3n) is 7.84. The lowest BCUT2D eigenvalue weighted by molar-refractivity contribution is -0.258. The van der Waals surface area contributed by atoms with Gasteiger partial charge in [-0.05, 0) is 80.4 Å². The van der Waals surface area contributed by atoms with E-state index >= 15 is 0 Å². The van der Waals surface area contributed by atoms with E-state index in [1.54, 1.807) is 11.6 Å². The van der Waals surface area contributed by atoms with Crippen molar-refractivity contribution in [2.45, 2.75) is 70.6 Å². The molecule has 2 aliphatic rings. The van der Waals surface area contributed by atoms with E-state index in [0.717, 1.165) is 31.1 Å². The summed E-state index contributed by atoms with van der Waals surface area (Å²) in [7, 11) is 0. The van der Waals surface area contributed by atoms with Crippen LogP contribution < -0.4 is 0 Å². The Bertz CT molecular complexity index is 1120. The molecule has 1 aromatic carbocycles. The van der Waals surface area contributed by atoms with E-state index in [9.17, 15) is 18.3 Å². The van der Waals surface area contributed by atoms with Gasteiger partial charge in [-0.1, -0.05) is 13.3 Å². The Labute approximate surface area is 195 Å². The van der Waals surface area contributed by atoms with Crippen LogP contribution in [-0.2, 0) is 12.0 Å². The molecule has 1 N–H and O–H groups in total. The lowest BCUT2D eigenvalue weighted by Crippen LogP contribution is -2.39. The van der Waals surface area contributed by atoms with Crippen molar-refractivity contribution in [3.8, 4) is 10.6 Å². The zero-order valence-electron chi connectivity index (χ0n) is 18.9. The van der Waals surface area contributed by atoms with Crippen molar-refractivity contribution in [1.29, 1.82) is 0 Å². The molecule has 4 nitrogen and oxygen atoms in total. The van der Waals surface area contributed by atoms with Gasteiger partial charge in [-0.2, -0.15) is 13.2 Å². The van der Waals surface area contributed by atoms with Gasteiger partial charge in [0.2, 0.25) is 0 Å². The molecule has 2 bridgehead atoms. The molecule has 8 heteroatoms. The molecule has 2 fully saturated rings. The Morgan fingerprint density at radius 1 is 1.18 bits per heavy atom. The quantitative estimate of drug-likeness (QED) is 0.410. The predicted molar refractivity (Wildman–Crippen MR) is 122 cm³/mol. The number of rotatable bonds is 6. The van der Waals surface area contributed by atoms with Gasteiger partial charge >= 0.3 is 6.18 Å². The summed E-state index contributed by atoms with van der Waals surface area (Å²) in [5.41, 5.74) is -2.07. The van der Waals surface area contributed by atoms with Crippen LogP contribution in [0.4, 0.5) is 13.2 Å². The van der Waals surface area contributed by atoms with Crippen molar-refractivity contribution in [3.05, 3.63) is 35.2 Å². The van der Waals surface area contributed by atoms with Gasteiger partial charge in [0.05, 0.1) is 5.56 Å². The molecule has 33 heavy (non-hydrogen) atoms. The molecule has 5 rings (SSSR count). The van der Waals surface area contributed by atoms with Crippen LogP contribution >= 0.6 is 11.3 Å². The van der Waals surface area contributed by atoms with Crippen LogP contribution in [0.3, 0.4) is 0 Å². The van der Waals surface area contributed by atoms with Crippen LogP contribution in [0.5, 0.6) is 0 Å². The number of hydrogen-bond donors (Lipinski definition) is 1. The molecule has 0 radical (unpaired) electrons. The van der Waals surface area contributed by atoms with E-state index in [4.69, 9.17) is 4.42 Å². The Hall–Kier alpha value is -1.93. The summed E-state index contributed by atoms with van der Waals surface area (Å²) in [6.45, 7) is 3.06. The molecule has 2 aliphatic carbocycles. The summed E-state index contributed by atoms with van der Waals surface area (Å²) in [5.74, 6) is 3.74. The lowest BCUT2D eigenvalue weighted by Gasteiger charge is -2.28. The first kappa shape index (κ1) is 22.8. The number of oxazole rings is 1. The summed E-state index contributed by atoms with van der Waals surface area (Å²) < 4.78 is 46.7. The Morgan fingerprint density at radius 2 is 2.00 bits per heavy atom. The molecule has 2 aromatic heterocycles. The minimum Gasteiger partial charge on any atom is -0.440 e. The average Bonchev–Trinajstić information content (AvgIpc) is 3.49. The SMILES string of the molecule is CCC1CC2CC(CCc3nc4cc(C(C)(O)C(F)(F)F)cc(-c5nccs5)c4o3)CC1C2. The molecule has 0 saturated heterocycles. The summed E-state index contributed by atoms with van der Waals surface area (Å²) in [5, 5.41) is 12.6. The molecule has 2 heterocycles. The van der Waals surface area contributed by atoms with E-state index in [0.29, 0.717) is 39.9 Å². The first-order chi connectivity index (χ1) is 15.7. The van der Waals surface area contributed by atoms with Crippen LogP contribution in [0.2, 0.25) is 0 Å². The Morgan fingerprint density at radius 3 is 2.70 bits per heavy atom. The minimum absolute atomic E-state index is 0.262. The fourth-order valence-electron chi connectivity index (χ4n) is 6.02. The summed E-state index contributed by atoms with van der Waals surface area (Å²) in [6.07, 6.45) is 4.95. The third kappa shape index (κ3) is 4.20. The molecular weight excluding hydrogens is 449 g/mol. The lowest BCUT2D eigenvalue weighted by atomic mass is 9.77. The number of thiazole rings is 1. The van der Waals surface area contributed by atoms with Gasteiger partial charge in [0, 0.05) is 18.0 Å². The van der Waals surface area contributed by atoms with Crippen molar-refractivity contribution >= 4 is 22.4 Å². The second-order valence-electron chi connectivity index (χ2n) is 10.0. The highest BCUT2D eigenvalue weighted by molar-refractivity contribution is 7.13. The first-order valence-corrected chi connectivity index (χ1v) is 12.7. The van der Waals surface area contributed by atoms with Crippen molar-refractivity contribution in [1.82, 2.24) is 9.97 Å². The number of benzene rings is 1. The van der Waals surface area contributed by atoms with Gasteiger partial charge in [0.15, 0.2) is 17.1 Å². The van der Waals surface area contributed by atoms with Crippen LogP contribution in [0.1, 0.15) is 63.8 Å². The minimum atomic E-state index is -4.82. The number of aryl methyl sites for hydroxylation is 1. The highest BCUT2D eigenvalue weighted by atomic mass is 32.1. The standard InChI is InChI=1S/C25H29F3N2O2S/c1-3-16-10-15-8-14(9-17(16)11-15)4-5-21-30-20-13-18(24(2,31)25(26,27)28)12-19(22(20)32-21)23-29-6-7-33-23/h6-7,12-17,31H,3-5,8-11H2,1-2H3. The van der Waals surface area contributed by atoms with Gasteiger partial charge in [0.25, 0.3) is 0 Å². The third-order valence-corrected chi connectivity index (χ3v) is 8.65. The Kier molecular flexibility index (Phi) is 5.80. The van der Waals surface area contributed by atoms with Crippen LogP contribution in [0.15, 0.2) is 28.1 Å². The second kappa shape index (κ2) is 8.38. The number of alkyl halides is 3. The van der Waals surface area contributed by atoms with E-state index in [1.165, 1.54) is 55.6 Å². The molecule has 0 aliphatic heterocycles. The topological polar surface area (TPSA) is 59.2 Å². The maximum atomic E-state index is 13.5. The zero-order valence-corrected chi connectivity index (χ0v) is 19.7. The molecule has 0 spiro atoms. The molecule has 178 valence electrons. The van der Waals surface area contributed by atoms with Crippen LogP contribution in [-0.4, -0.2) is 21.3 Å². The van der Waals surface area contributed by atoms with Crippen LogP contribution in [0.25, 0.3) is 21.7 Å². The number of hydrogen-bond acceptors (Lipinski definition) is 5. The van der Waals surface area contributed by atoms with Gasteiger partial charge in [-0.25, -0.2) is 9.97 Å². The van der Waals surface area contributed by atoms with Crippen molar-refractivity contribution < 1.29 is 22.7 Å². The molecule has 2 saturated carbocycles. The number of fused-ring (bicyclic) bond motifs is 3. The summed E-state index contributed by atoms with van der Waals surface area (Å²) in [6, 6.07) is 2.62. The number of nitrogens with zero attached hydrogens (tertiary/aromatic N) is 2. The molecular formula is C25H29F3N2O2S. The highest BCUT2D eigenvalue weighted by Crippen LogP contribution is 2.50. The molecule has 3 aromatic rings. The Balaban J connectivity index is 1.43. The highest BCUT2D eigenvalue weighted by Gasteiger charge is 2.51. The van der Waals surface area contributed by atoms with Crippen molar-refractivity contribution in [2.75, 3.05) is 0 Å². The normalized spacial score (nSPS) is 27.2. The molecule has 5 unspecified atom stereocenters. The van der Waals surface area contributed by atoms with E-state index in [2.05, 4.69) is 16.9 Å². The maximum absolute atomic E-state index is 13.5. The van der Waals surface area contributed by atoms with Gasteiger partial charge in [-0.3, -0.25) is 0 Å². The van der Waals surface area contributed by atoms with E-state index < -0.39 is 11.8 Å². The largest absolute Gasteiger partial charge is 0.440 e. The van der Waals surface area contributed by atoms with E-state index in [-0.39, 0.29) is 5.56 Å². The monoisotopic (exact) mass is 478 g/mol. The van der Waals surface area contributed by atoms with Crippen molar-refractivity contribution in [3.63, 3.8) is 0 Å². The maximum Gasteiger partial charge on any atom is 0.421 e.